The highest BCUT2D eigenvalue weighted by Crippen LogP contribution is 2.35. The van der Waals surface area contributed by atoms with Crippen LogP contribution in [-0.2, 0) is 0 Å². The summed E-state index contributed by atoms with van der Waals surface area (Å²) in [6.07, 6.45) is 0. The van der Waals surface area contributed by atoms with Crippen LogP contribution < -0.4 is 14.2 Å². The van der Waals surface area contributed by atoms with Gasteiger partial charge in [0.2, 0.25) is 5.75 Å². The zero-order chi connectivity index (χ0) is 16.1. The van der Waals surface area contributed by atoms with Crippen LogP contribution in [0.5, 0.6) is 23.0 Å². The van der Waals surface area contributed by atoms with Crippen molar-refractivity contribution in [3.63, 3.8) is 0 Å². The molecule has 2 aromatic carbocycles. The standard InChI is InChI=1S/C15H12N2O5/c1-20-11-6-12(21-2)8-13(7-11)22-15-5-10(9-16)3-4-14(15)17(18)19/h3-8H,1-2H3. The molecule has 7 nitrogen and oxygen atoms in total. The summed E-state index contributed by atoms with van der Waals surface area (Å²) >= 11 is 0. The summed E-state index contributed by atoms with van der Waals surface area (Å²) < 4.78 is 15.8. The van der Waals surface area contributed by atoms with Gasteiger partial charge in [-0.1, -0.05) is 0 Å². The van der Waals surface area contributed by atoms with Crippen LogP contribution >= 0.6 is 0 Å². The molecule has 0 atom stereocenters. The molecule has 0 spiro atoms. The lowest BCUT2D eigenvalue weighted by Crippen LogP contribution is -1.95. The summed E-state index contributed by atoms with van der Waals surface area (Å²) in [6, 6.07) is 10.6. The summed E-state index contributed by atoms with van der Waals surface area (Å²) in [6.45, 7) is 0. The molecular weight excluding hydrogens is 288 g/mol. The molecule has 0 saturated carbocycles. The maximum absolute atomic E-state index is 11.1. The molecule has 0 fully saturated rings. The second kappa shape index (κ2) is 6.45. The Morgan fingerprint density at radius 1 is 1.05 bits per heavy atom. The minimum absolute atomic E-state index is 0.0284. The van der Waals surface area contributed by atoms with Crippen molar-refractivity contribution in [3.8, 4) is 29.1 Å². The van der Waals surface area contributed by atoms with E-state index in [1.165, 1.54) is 32.4 Å². The van der Waals surface area contributed by atoms with Gasteiger partial charge in [0.1, 0.15) is 17.2 Å². The molecule has 7 heteroatoms. The number of nitrogens with zero attached hydrogens (tertiary/aromatic N) is 2. The van der Waals surface area contributed by atoms with Gasteiger partial charge in [0, 0.05) is 30.3 Å². The van der Waals surface area contributed by atoms with Gasteiger partial charge in [0.05, 0.1) is 30.8 Å². The third kappa shape index (κ3) is 3.24. The van der Waals surface area contributed by atoms with E-state index in [1.807, 2.05) is 6.07 Å². The van der Waals surface area contributed by atoms with Crippen molar-refractivity contribution in [2.75, 3.05) is 14.2 Å². The van der Waals surface area contributed by atoms with E-state index in [4.69, 9.17) is 19.5 Å². The quantitative estimate of drug-likeness (QED) is 0.621. The van der Waals surface area contributed by atoms with Crippen LogP contribution in [0.3, 0.4) is 0 Å². The molecule has 0 aliphatic heterocycles. The van der Waals surface area contributed by atoms with Gasteiger partial charge >= 0.3 is 5.69 Å². The normalized spacial score (nSPS) is 9.68. The van der Waals surface area contributed by atoms with E-state index in [-0.39, 0.29) is 17.0 Å². The SMILES string of the molecule is COc1cc(OC)cc(Oc2cc(C#N)ccc2[N+](=O)[O-])c1. The number of nitro groups is 1. The third-order valence-corrected chi connectivity index (χ3v) is 2.84. The Kier molecular flexibility index (Phi) is 4.44. The molecule has 2 aromatic rings. The minimum atomic E-state index is -0.576. The fourth-order valence-electron chi connectivity index (χ4n) is 1.78. The van der Waals surface area contributed by atoms with Crippen molar-refractivity contribution in [2.24, 2.45) is 0 Å². The molecule has 0 bridgehead atoms. The highest BCUT2D eigenvalue weighted by atomic mass is 16.6. The number of hydrogen-bond acceptors (Lipinski definition) is 6. The number of ether oxygens (including phenoxy) is 3. The van der Waals surface area contributed by atoms with Crippen molar-refractivity contribution in [3.05, 3.63) is 52.1 Å². The topological polar surface area (TPSA) is 94.6 Å². The van der Waals surface area contributed by atoms with Gasteiger partial charge in [0.15, 0.2) is 0 Å². The molecule has 0 radical (unpaired) electrons. The van der Waals surface area contributed by atoms with E-state index in [2.05, 4.69) is 0 Å². The summed E-state index contributed by atoms with van der Waals surface area (Å²) in [7, 11) is 2.97. The van der Waals surface area contributed by atoms with Gasteiger partial charge in [-0.2, -0.15) is 5.26 Å². The van der Waals surface area contributed by atoms with Gasteiger partial charge in [0.25, 0.3) is 0 Å². The zero-order valence-corrected chi connectivity index (χ0v) is 11.9. The Labute approximate surface area is 126 Å². The van der Waals surface area contributed by atoms with Crippen LogP contribution in [0.4, 0.5) is 5.69 Å². The number of benzene rings is 2. The molecular formula is C15H12N2O5. The summed E-state index contributed by atoms with van der Waals surface area (Å²) in [5.74, 6) is 1.23. The van der Waals surface area contributed by atoms with Gasteiger partial charge in [-0.15, -0.1) is 0 Å². The first-order valence-corrected chi connectivity index (χ1v) is 6.17. The molecule has 0 amide bonds. The Morgan fingerprint density at radius 3 is 2.14 bits per heavy atom. The fraction of sp³-hybridized carbons (Fsp3) is 0.133. The first-order valence-electron chi connectivity index (χ1n) is 6.17. The average Bonchev–Trinajstić information content (AvgIpc) is 2.53. The van der Waals surface area contributed by atoms with Crippen LogP contribution in [0, 0.1) is 21.4 Å². The van der Waals surface area contributed by atoms with E-state index in [0.29, 0.717) is 17.2 Å². The smallest absolute Gasteiger partial charge is 0.311 e. The molecule has 0 aromatic heterocycles. The van der Waals surface area contributed by atoms with Gasteiger partial charge in [-0.25, -0.2) is 0 Å². The Balaban J connectivity index is 2.46. The van der Waals surface area contributed by atoms with E-state index < -0.39 is 4.92 Å². The van der Waals surface area contributed by atoms with Crippen LogP contribution in [0.25, 0.3) is 0 Å². The summed E-state index contributed by atoms with van der Waals surface area (Å²) in [5, 5.41) is 20.0. The third-order valence-electron chi connectivity index (χ3n) is 2.84. The summed E-state index contributed by atoms with van der Waals surface area (Å²) in [5.41, 5.74) is 0.0243. The first kappa shape index (κ1) is 15.1. The Hall–Kier alpha value is -3.27. The van der Waals surface area contributed by atoms with Crippen LogP contribution in [-0.4, -0.2) is 19.1 Å². The van der Waals surface area contributed by atoms with Crippen LogP contribution in [0.1, 0.15) is 5.56 Å². The van der Waals surface area contributed by atoms with Crippen molar-refractivity contribution >= 4 is 5.69 Å². The van der Waals surface area contributed by atoms with Gasteiger partial charge in [-0.05, 0) is 6.07 Å². The predicted molar refractivity (Wildman–Crippen MR) is 77.4 cm³/mol. The van der Waals surface area contributed by atoms with Gasteiger partial charge in [-0.3, -0.25) is 10.1 Å². The molecule has 0 heterocycles. The Bertz CT molecular complexity index is 730. The van der Waals surface area contributed by atoms with Crippen LogP contribution in [0.2, 0.25) is 0 Å². The van der Waals surface area contributed by atoms with Crippen molar-refractivity contribution in [1.29, 1.82) is 5.26 Å². The maximum atomic E-state index is 11.1. The average molecular weight is 300 g/mol. The lowest BCUT2D eigenvalue weighted by Gasteiger charge is -2.10. The van der Waals surface area contributed by atoms with E-state index in [0.717, 1.165) is 0 Å². The molecule has 2 rings (SSSR count). The van der Waals surface area contributed by atoms with Crippen molar-refractivity contribution in [2.45, 2.75) is 0 Å². The van der Waals surface area contributed by atoms with Gasteiger partial charge < -0.3 is 14.2 Å². The van der Waals surface area contributed by atoms with Crippen molar-refractivity contribution in [1.82, 2.24) is 0 Å². The number of nitro benzene ring substituents is 1. The van der Waals surface area contributed by atoms with E-state index >= 15 is 0 Å². The fourth-order valence-corrected chi connectivity index (χ4v) is 1.78. The number of hydrogen-bond donors (Lipinski definition) is 0. The second-order valence-corrected chi connectivity index (χ2v) is 4.20. The van der Waals surface area contributed by atoms with Crippen LogP contribution in [0.15, 0.2) is 36.4 Å². The molecule has 0 aliphatic rings. The maximum Gasteiger partial charge on any atom is 0.311 e. The zero-order valence-electron chi connectivity index (χ0n) is 11.9. The number of rotatable bonds is 5. The molecule has 0 unspecified atom stereocenters. The first-order chi connectivity index (χ1) is 10.6. The predicted octanol–water partition coefficient (Wildman–Crippen LogP) is 3.28. The monoisotopic (exact) mass is 300 g/mol. The molecule has 112 valence electrons. The van der Waals surface area contributed by atoms with E-state index in [1.54, 1.807) is 18.2 Å². The molecule has 22 heavy (non-hydrogen) atoms. The lowest BCUT2D eigenvalue weighted by atomic mass is 10.2. The molecule has 0 aliphatic carbocycles. The Morgan fingerprint density at radius 2 is 1.64 bits per heavy atom. The number of nitriles is 1. The molecule has 0 N–H and O–H groups in total. The largest absolute Gasteiger partial charge is 0.496 e. The lowest BCUT2D eigenvalue weighted by molar-refractivity contribution is -0.385. The minimum Gasteiger partial charge on any atom is -0.496 e. The molecule has 0 saturated heterocycles. The summed E-state index contributed by atoms with van der Waals surface area (Å²) in [4.78, 5) is 10.5. The number of methoxy groups -OCH3 is 2. The van der Waals surface area contributed by atoms with Crippen molar-refractivity contribution < 1.29 is 19.1 Å². The highest BCUT2D eigenvalue weighted by molar-refractivity contribution is 5.54. The second-order valence-electron chi connectivity index (χ2n) is 4.20. The van der Waals surface area contributed by atoms with E-state index in [9.17, 15) is 10.1 Å². The highest BCUT2D eigenvalue weighted by Gasteiger charge is 2.17.